The Labute approximate surface area is 143 Å². The molecule has 0 aliphatic heterocycles. The van der Waals surface area contributed by atoms with Gasteiger partial charge in [-0.25, -0.2) is 9.97 Å². The monoisotopic (exact) mass is 330 g/mol. The van der Waals surface area contributed by atoms with Gasteiger partial charge >= 0.3 is 0 Å². The molecule has 0 fully saturated rings. The normalized spacial score (nSPS) is 10.7. The highest BCUT2D eigenvalue weighted by molar-refractivity contribution is 6.31. The predicted octanol–water partition coefficient (Wildman–Crippen LogP) is 4.61. The third kappa shape index (κ3) is 2.51. The molecule has 0 aliphatic carbocycles. The summed E-state index contributed by atoms with van der Waals surface area (Å²) < 4.78 is 1.84. The summed E-state index contributed by atoms with van der Waals surface area (Å²) in [5, 5.41) is 10.6. The maximum atomic E-state index is 9.02. The number of fused-ring (bicyclic) bond motifs is 1. The molecule has 0 spiro atoms. The van der Waals surface area contributed by atoms with Gasteiger partial charge in [0.2, 0.25) is 0 Å². The number of hydrogen-bond acceptors (Lipinski definition) is 3. The molecule has 0 aliphatic rings. The molecular formula is C19H11ClN4. The first-order chi connectivity index (χ1) is 11.7. The Balaban J connectivity index is 2.01. The fourth-order valence-corrected chi connectivity index (χ4v) is 2.83. The minimum Gasteiger partial charge on any atom is -0.304 e. The molecule has 4 nitrogen and oxygen atoms in total. The third-order valence-electron chi connectivity index (χ3n) is 3.79. The quantitative estimate of drug-likeness (QED) is 0.539. The number of imidazole rings is 1. The number of nitrogens with zero attached hydrogens (tertiary/aromatic N) is 4. The van der Waals surface area contributed by atoms with Crippen molar-refractivity contribution in [3.63, 3.8) is 0 Å². The van der Waals surface area contributed by atoms with Crippen molar-refractivity contribution in [3.8, 4) is 23.0 Å². The van der Waals surface area contributed by atoms with Gasteiger partial charge in [-0.2, -0.15) is 5.26 Å². The first-order valence-corrected chi connectivity index (χ1v) is 7.72. The van der Waals surface area contributed by atoms with Gasteiger partial charge in [-0.3, -0.25) is 0 Å². The zero-order valence-corrected chi connectivity index (χ0v) is 13.3. The molecule has 4 aromatic rings. The van der Waals surface area contributed by atoms with E-state index in [-0.39, 0.29) is 0 Å². The fourth-order valence-electron chi connectivity index (χ4n) is 2.67. The van der Waals surface area contributed by atoms with E-state index in [4.69, 9.17) is 21.8 Å². The van der Waals surface area contributed by atoms with Crippen LogP contribution in [0, 0.1) is 11.3 Å². The largest absolute Gasteiger partial charge is 0.304 e. The van der Waals surface area contributed by atoms with Crippen molar-refractivity contribution in [1.29, 1.82) is 5.26 Å². The summed E-state index contributed by atoms with van der Waals surface area (Å²) in [4.78, 5) is 8.83. The molecule has 0 radical (unpaired) electrons. The maximum absolute atomic E-state index is 9.02. The molecule has 0 saturated carbocycles. The minimum absolute atomic E-state index is 0.371. The van der Waals surface area contributed by atoms with Gasteiger partial charge < -0.3 is 4.57 Å². The third-order valence-corrected chi connectivity index (χ3v) is 4.03. The second kappa shape index (κ2) is 5.80. The van der Waals surface area contributed by atoms with Crippen molar-refractivity contribution < 1.29 is 0 Å². The molecule has 2 aromatic heterocycles. The molecule has 2 aromatic carbocycles. The number of halogens is 1. The van der Waals surface area contributed by atoms with E-state index in [0.29, 0.717) is 10.7 Å². The molecule has 0 amide bonds. The van der Waals surface area contributed by atoms with Gasteiger partial charge in [0.1, 0.15) is 12.4 Å². The summed E-state index contributed by atoms with van der Waals surface area (Å²) in [6.07, 6.45) is 3.34. The molecule has 2 heterocycles. The lowest BCUT2D eigenvalue weighted by atomic mass is 10.1. The maximum Gasteiger partial charge on any atom is 0.158 e. The standard InChI is InChI=1S/C19H11ClN4/c20-14-6-7-16-18(8-14)23-17(13-4-2-1-3-5-13)9-19(16)24-11-15(10-21)22-12-24/h1-9,11-12H. The van der Waals surface area contributed by atoms with Gasteiger partial charge in [-0.1, -0.05) is 41.9 Å². The molecule has 0 N–H and O–H groups in total. The summed E-state index contributed by atoms with van der Waals surface area (Å²) in [6, 6.07) is 19.6. The van der Waals surface area contributed by atoms with E-state index in [1.165, 1.54) is 0 Å². The Morgan fingerprint density at radius 1 is 1.04 bits per heavy atom. The van der Waals surface area contributed by atoms with Crippen LogP contribution in [0.25, 0.3) is 27.8 Å². The average molecular weight is 331 g/mol. The Kier molecular flexibility index (Phi) is 3.49. The first kappa shape index (κ1) is 14.4. The molecule has 0 saturated heterocycles. The lowest BCUT2D eigenvalue weighted by Gasteiger charge is -2.11. The molecule has 0 bridgehead atoms. The van der Waals surface area contributed by atoms with Crippen LogP contribution in [0.1, 0.15) is 5.69 Å². The van der Waals surface area contributed by atoms with Crippen LogP contribution >= 0.6 is 11.6 Å². The highest BCUT2D eigenvalue weighted by atomic mass is 35.5. The topological polar surface area (TPSA) is 54.5 Å². The molecular weight excluding hydrogens is 320 g/mol. The van der Waals surface area contributed by atoms with Crippen LogP contribution < -0.4 is 0 Å². The van der Waals surface area contributed by atoms with Gasteiger partial charge in [-0.05, 0) is 24.3 Å². The highest BCUT2D eigenvalue weighted by Gasteiger charge is 2.10. The Morgan fingerprint density at radius 2 is 1.88 bits per heavy atom. The van der Waals surface area contributed by atoms with Gasteiger partial charge in [0.15, 0.2) is 5.69 Å². The van der Waals surface area contributed by atoms with Crippen LogP contribution in [0.2, 0.25) is 5.02 Å². The minimum atomic E-state index is 0.371. The number of pyridine rings is 1. The summed E-state index contributed by atoms with van der Waals surface area (Å²) in [7, 11) is 0. The molecule has 0 unspecified atom stereocenters. The van der Waals surface area contributed by atoms with Gasteiger partial charge in [0, 0.05) is 22.2 Å². The predicted molar refractivity (Wildman–Crippen MR) is 94.0 cm³/mol. The van der Waals surface area contributed by atoms with Gasteiger partial charge in [-0.15, -0.1) is 0 Å². The number of benzene rings is 2. The molecule has 0 atom stereocenters. The Morgan fingerprint density at radius 3 is 2.62 bits per heavy atom. The zero-order valence-electron chi connectivity index (χ0n) is 12.5. The molecule has 4 rings (SSSR count). The van der Waals surface area contributed by atoms with Crippen molar-refractivity contribution >= 4 is 22.5 Å². The van der Waals surface area contributed by atoms with Crippen LogP contribution in [-0.4, -0.2) is 14.5 Å². The van der Waals surface area contributed by atoms with E-state index in [1.807, 2.05) is 59.2 Å². The number of rotatable bonds is 2. The summed E-state index contributed by atoms with van der Waals surface area (Å²) in [6.45, 7) is 0. The van der Waals surface area contributed by atoms with E-state index >= 15 is 0 Å². The molecule has 24 heavy (non-hydrogen) atoms. The van der Waals surface area contributed by atoms with Gasteiger partial charge in [0.25, 0.3) is 0 Å². The number of nitriles is 1. The van der Waals surface area contributed by atoms with Crippen LogP contribution in [0.3, 0.4) is 0 Å². The highest BCUT2D eigenvalue weighted by Crippen LogP contribution is 2.29. The average Bonchev–Trinajstić information content (AvgIpc) is 3.10. The molecule has 114 valence electrons. The van der Waals surface area contributed by atoms with Crippen LogP contribution in [-0.2, 0) is 0 Å². The van der Waals surface area contributed by atoms with Crippen LogP contribution in [0.5, 0.6) is 0 Å². The van der Waals surface area contributed by atoms with E-state index in [9.17, 15) is 0 Å². The Bertz CT molecular complexity index is 1080. The zero-order chi connectivity index (χ0) is 16.5. The van der Waals surface area contributed by atoms with Crippen LogP contribution in [0.4, 0.5) is 0 Å². The van der Waals surface area contributed by atoms with Crippen molar-refractivity contribution in [2.24, 2.45) is 0 Å². The summed E-state index contributed by atoms with van der Waals surface area (Å²) >= 11 is 6.14. The Hall–Kier alpha value is -3.16. The van der Waals surface area contributed by atoms with E-state index in [0.717, 1.165) is 27.8 Å². The van der Waals surface area contributed by atoms with Crippen LogP contribution in [0.15, 0.2) is 67.1 Å². The summed E-state index contributed by atoms with van der Waals surface area (Å²) in [5.41, 5.74) is 3.93. The van der Waals surface area contributed by atoms with Crippen molar-refractivity contribution in [1.82, 2.24) is 14.5 Å². The smallest absolute Gasteiger partial charge is 0.158 e. The number of aromatic nitrogens is 3. The second-order valence-electron chi connectivity index (χ2n) is 5.33. The second-order valence-corrected chi connectivity index (χ2v) is 5.77. The van der Waals surface area contributed by atoms with E-state index in [1.54, 1.807) is 12.5 Å². The summed E-state index contributed by atoms with van der Waals surface area (Å²) in [5.74, 6) is 0. The SMILES string of the molecule is N#Cc1cn(-c2cc(-c3ccccc3)nc3cc(Cl)ccc23)cn1. The first-order valence-electron chi connectivity index (χ1n) is 7.35. The van der Waals surface area contributed by atoms with E-state index < -0.39 is 0 Å². The van der Waals surface area contributed by atoms with Crippen molar-refractivity contribution in [2.75, 3.05) is 0 Å². The lowest BCUT2D eigenvalue weighted by molar-refractivity contribution is 1.06. The van der Waals surface area contributed by atoms with E-state index in [2.05, 4.69) is 11.1 Å². The lowest BCUT2D eigenvalue weighted by Crippen LogP contribution is -1.96. The van der Waals surface area contributed by atoms with Gasteiger partial charge in [0.05, 0.1) is 16.9 Å². The van der Waals surface area contributed by atoms with Crippen molar-refractivity contribution in [3.05, 3.63) is 77.8 Å². The molecule has 5 heteroatoms. The fraction of sp³-hybridized carbons (Fsp3) is 0. The number of hydrogen-bond donors (Lipinski definition) is 0. The van der Waals surface area contributed by atoms with Crippen molar-refractivity contribution in [2.45, 2.75) is 0 Å².